The summed E-state index contributed by atoms with van der Waals surface area (Å²) in [6, 6.07) is 5.91. The summed E-state index contributed by atoms with van der Waals surface area (Å²) in [6.45, 7) is 2.10. The van der Waals surface area contributed by atoms with E-state index in [2.05, 4.69) is 5.32 Å². The summed E-state index contributed by atoms with van der Waals surface area (Å²) in [6.07, 6.45) is 0.672. The van der Waals surface area contributed by atoms with Crippen LogP contribution < -0.4 is 15.0 Å². The zero-order valence-corrected chi connectivity index (χ0v) is 10.3. The molecular formula is C13H16N2O3. The van der Waals surface area contributed by atoms with E-state index >= 15 is 0 Å². The van der Waals surface area contributed by atoms with Crippen molar-refractivity contribution in [2.75, 3.05) is 25.2 Å². The van der Waals surface area contributed by atoms with Crippen LogP contribution in [0.25, 0.3) is 0 Å². The van der Waals surface area contributed by atoms with Gasteiger partial charge in [-0.15, -0.1) is 0 Å². The summed E-state index contributed by atoms with van der Waals surface area (Å²) in [5.74, 6) is 0.806. The number of cyclic esters (lactones) is 1. The van der Waals surface area contributed by atoms with Gasteiger partial charge in [-0.05, 0) is 36.7 Å². The summed E-state index contributed by atoms with van der Waals surface area (Å²) < 4.78 is 10.4. The molecule has 0 radical (unpaired) electrons. The van der Waals surface area contributed by atoms with Crippen molar-refractivity contribution in [2.45, 2.75) is 19.0 Å². The molecule has 0 aliphatic carbocycles. The highest BCUT2D eigenvalue weighted by molar-refractivity contribution is 5.91. The Hall–Kier alpha value is -1.75. The standard InChI is InChI=1S/C13H16N2O3/c1-17-11-2-3-12-9(6-11)7-14-5-4-10-8-18-13(16)15(10)12/h2-3,6,10,14H,4-5,7-8H2,1H3/t10-/m0/s1. The monoisotopic (exact) mass is 248 g/mol. The molecule has 18 heavy (non-hydrogen) atoms. The molecule has 2 aliphatic rings. The number of benzene rings is 1. The van der Waals surface area contributed by atoms with Gasteiger partial charge in [-0.3, -0.25) is 4.90 Å². The number of ether oxygens (including phenoxy) is 2. The molecule has 0 unspecified atom stereocenters. The van der Waals surface area contributed by atoms with E-state index in [1.807, 2.05) is 18.2 Å². The number of hydrogen-bond acceptors (Lipinski definition) is 4. The number of carbonyl (C=O) groups excluding carboxylic acids is 1. The maximum atomic E-state index is 11.8. The molecule has 1 aromatic rings. The first-order valence-electron chi connectivity index (χ1n) is 6.13. The van der Waals surface area contributed by atoms with Gasteiger partial charge in [0.1, 0.15) is 12.4 Å². The van der Waals surface area contributed by atoms with Gasteiger partial charge in [0.05, 0.1) is 18.8 Å². The Bertz CT molecular complexity index is 475. The fraction of sp³-hybridized carbons (Fsp3) is 0.462. The Balaban J connectivity index is 2.05. The first-order valence-corrected chi connectivity index (χ1v) is 6.13. The minimum Gasteiger partial charge on any atom is -0.497 e. The van der Waals surface area contributed by atoms with E-state index in [0.717, 1.165) is 36.5 Å². The molecule has 1 N–H and O–H groups in total. The number of rotatable bonds is 1. The molecule has 0 saturated carbocycles. The van der Waals surface area contributed by atoms with Crippen LogP contribution in [-0.2, 0) is 11.3 Å². The van der Waals surface area contributed by atoms with Gasteiger partial charge in [-0.1, -0.05) is 0 Å². The third-order valence-electron chi connectivity index (χ3n) is 3.48. The first-order chi connectivity index (χ1) is 8.79. The molecule has 96 valence electrons. The van der Waals surface area contributed by atoms with Crippen LogP contribution in [0.1, 0.15) is 12.0 Å². The highest BCUT2D eigenvalue weighted by Gasteiger charge is 2.35. The zero-order valence-electron chi connectivity index (χ0n) is 10.3. The average molecular weight is 248 g/mol. The quantitative estimate of drug-likeness (QED) is 0.818. The molecule has 1 saturated heterocycles. The number of nitrogens with one attached hydrogen (secondary N) is 1. The minimum absolute atomic E-state index is 0.137. The fourth-order valence-electron chi connectivity index (χ4n) is 2.53. The summed E-state index contributed by atoms with van der Waals surface area (Å²) in [7, 11) is 1.64. The molecule has 2 heterocycles. The second-order valence-corrected chi connectivity index (χ2v) is 4.56. The largest absolute Gasteiger partial charge is 0.497 e. The highest BCUT2D eigenvalue weighted by atomic mass is 16.6. The van der Waals surface area contributed by atoms with Gasteiger partial charge >= 0.3 is 6.09 Å². The second kappa shape index (κ2) is 4.49. The van der Waals surface area contributed by atoms with Crippen LogP contribution in [0.5, 0.6) is 5.75 Å². The number of methoxy groups -OCH3 is 1. The van der Waals surface area contributed by atoms with Gasteiger partial charge in [-0.2, -0.15) is 0 Å². The Kier molecular flexibility index (Phi) is 2.83. The van der Waals surface area contributed by atoms with Crippen LogP contribution in [0.3, 0.4) is 0 Å². The van der Waals surface area contributed by atoms with Gasteiger partial charge < -0.3 is 14.8 Å². The van der Waals surface area contributed by atoms with Crippen molar-refractivity contribution in [3.63, 3.8) is 0 Å². The van der Waals surface area contributed by atoms with Gasteiger partial charge in [-0.25, -0.2) is 4.79 Å². The van der Waals surface area contributed by atoms with E-state index in [-0.39, 0.29) is 12.1 Å². The molecule has 1 atom stereocenters. The lowest BCUT2D eigenvalue weighted by Crippen LogP contribution is -2.38. The van der Waals surface area contributed by atoms with Crippen molar-refractivity contribution in [3.05, 3.63) is 23.8 Å². The van der Waals surface area contributed by atoms with Crippen LogP contribution in [0.15, 0.2) is 18.2 Å². The van der Waals surface area contributed by atoms with E-state index < -0.39 is 0 Å². The molecule has 2 aliphatic heterocycles. The molecule has 1 amide bonds. The number of fused-ring (bicyclic) bond motifs is 3. The Morgan fingerprint density at radius 2 is 2.39 bits per heavy atom. The highest BCUT2D eigenvalue weighted by Crippen LogP contribution is 2.31. The smallest absolute Gasteiger partial charge is 0.414 e. The fourth-order valence-corrected chi connectivity index (χ4v) is 2.53. The molecule has 0 spiro atoms. The van der Waals surface area contributed by atoms with Crippen molar-refractivity contribution in [1.82, 2.24) is 5.32 Å². The molecule has 3 rings (SSSR count). The predicted octanol–water partition coefficient (Wildman–Crippen LogP) is 1.51. The lowest BCUT2D eigenvalue weighted by Gasteiger charge is -2.27. The zero-order chi connectivity index (χ0) is 12.5. The molecule has 5 nitrogen and oxygen atoms in total. The number of nitrogens with zero attached hydrogens (tertiary/aromatic N) is 1. The van der Waals surface area contributed by atoms with Gasteiger partial charge in [0.2, 0.25) is 0 Å². The minimum atomic E-state index is -0.242. The summed E-state index contributed by atoms with van der Waals surface area (Å²) >= 11 is 0. The number of amides is 1. The van der Waals surface area contributed by atoms with Gasteiger partial charge in [0, 0.05) is 6.54 Å². The second-order valence-electron chi connectivity index (χ2n) is 4.56. The number of anilines is 1. The average Bonchev–Trinajstić information content (AvgIpc) is 2.72. The normalized spacial score (nSPS) is 22.6. The van der Waals surface area contributed by atoms with Crippen molar-refractivity contribution in [3.8, 4) is 5.75 Å². The molecule has 1 fully saturated rings. The van der Waals surface area contributed by atoms with E-state index in [9.17, 15) is 4.79 Å². The third kappa shape index (κ3) is 1.80. The van der Waals surface area contributed by atoms with E-state index in [1.165, 1.54) is 0 Å². The Morgan fingerprint density at radius 1 is 1.50 bits per heavy atom. The SMILES string of the molecule is COc1ccc2c(c1)CNCC[C@H]1COC(=O)N21. The molecule has 0 aromatic heterocycles. The lowest BCUT2D eigenvalue weighted by atomic mass is 10.1. The Morgan fingerprint density at radius 3 is 3.22 bits per heavy atom. The number of hydrogen-bond donors (Lipinski definition) is 1. The number of carbonyl (C=O) groups is 1. The first kappa shape index (κ1) is 11.3. The van der Waals surface area contributed by atoms with Crippen molar-refractivity contribution < 1.29 is 14.3 Å². The summed E-state index contributed by atoms with van der Waals surface area (Å²) in [4.78, 5) is 13.6. The predicted molar refractivity (Wildman–Crippen MR) is 66.9 cm³/mol. The van der Waals surface area contributed by atoms with Crippen LogP contribution >= 0.6 is 0 Å². The third-order valence-corrected chi connectivity index (χ3v) is 3.48. The maximum absolute atomic E-state index is 11.8. The Labute approximate surface area is 106 Å². The lowest BCUT2D eigenvalue weighted by molar-refractivity contribution is 0.178. The van der Waals surface area contributed by atoms with Crippen LogP contribution in [0.4, 0.5) is 10.5 Å². The van der Waals surface area contributed by atoms with Gasteiger partial charge in [0.15, 0.2) is 0 Å². The van der Waals surface area contributed by atoms with Crippen molar-refractivity contribution in [1.29, 1.82) is 0 Å². The van der Waals surface area contributed by atoms with E-state index in [0.29, 0.717) is 6.61 Å². The molecule has 1 aromatic carbocycles. The van der Waals surface area contributed by atoms with Crippen LogP contribution in [0.2, 0.25) is 0 Å². The maximum Gasteiger partial charge on any atom is 0.414 e. The van der Waals surface area contributed by atoms with E-state index in [1.54, 1.807) is 12.0 Å². The summed E-state index contributed by atoms with van der Waals surface area (Å²) in [5.41, 5.74) is 1.99. The van der Waals surface area contributed by atoms with Crippen molar-refractivity contribution in [2.24, 2.45) is 0 Å². The van der Waals surface area contributed by atoms with Crippen molar-refractivity contribution >= 4 is 11.8 Å². The molecule has 0 bridgehead atoms. The molecule has 5 heteroatoms. The van der Waals surface area contributed by atoms with Crippen LogP contribution in [0, 0.1) is 0 Å². The van der Waals surface area contributed by atoms with E-state index in [4.69, 9.17) is 9.47 Å². The molecular weight excluding hydrogens is 232 g/mol. The van der Waals surface area contributed by atoms with Crippen LogP contribution in [-0.4, -0.2) is 32.4 Å². The van der Waals surface area contributed by atoms with Gasteiger partial charge in [0.25, 0.3) is 0 Å². The summed E-state index contributed by atoms with van der Waals surface area (Å²) in [5, 5.41) is 3.37. The topological polar surface area (TPSA) is 50.8 Å².